The Labute approximate surface area is 201 Å². The summed E-state index contributed by atoms with van der Waals surface area (Å²) in [4.78, 5) is 0. The molecule has 184 valence electrons. The van der Waals surface area contributed by atoms with Crippen LogP contribution in [0.4, 0.5) is 0 Å². The van der Waals surface area contributed by atoms with Crippen LogP contribution in [0, 0.1) is 13.8 Å². The highest BCUT2D eigenvalue weighted by Crippen LogP contribution is 2.30. The first-order valence-electron chi connectivity index (χ1n) is 11.8. The number of hydrogen-bond donors (Lipinski definition) is 1. The molecular formula is C27H35NO6. The van der Waals surface area contributed by atoms with Gasteiger partial charge in [-0.3, -0.25) is 0 Å². The van der Waals surface area contributed by atoms with Gasteiger partial charge < -0.3 is 28.6 Å². The summed E-state index contributed by atoms with van der Waals surface area (Å²) in [5, 5.41) is 12.7. The molecule has 0 aliphatic heterocycles. The van der Waals surface area contributed by atoms with Crippen LogP contribution in [0.15, 0.2) is 53.1 Å². The third kappa shape index (κ3) is 8.57. The molecule has 2 aromatic carbocycles. The van der Waals surface area contributed by atoms with Crippen molar-refractivity contribution in [3.05, 3.63) is 71.1 Å². The summed E-state index contributed by atoms with van der Waals surface area (Å²) in [6.07, 6.45) is 1.59. The molecule has 0 spiro atoms. The molecule has 1 heterocycles. The summed E-state index contributed by atoms with van der Waals surface area (Å²) in [5.41, 5.74) is 5.46. The van der Waals surface area contributed by atoms with Crippen molar-refractivity contribution < 1.29 is 28.6 Å². The predicted molar refractivity (Wildman–Crippen MR) is 130 cm³/mol. The van der Waals surface area contributed by atoms with Crippen LogP contribution < -0.4 is 4.74 Å². The van der Waals surface area contributed by atoms with Crippen molar-refractivity contribution in [2.24, 2.45) is 0 Å². The molecule has 0 radical (unpaired) electrons. The van der Waals surface area contributed by atoms with Crippen LogP contribution in [0.5, 0.6) is 5.75 Å². The molecule has 0 amide bonds. The van der Waals surface area contributed by atoms with Crippen LogP contribution >= 0.6 is 0 Å². The molecule has 1 N–H and O–H groups in total. The molecule has 0 saturated carbocycles. The van der Waals surface area contributed by atoms with E-state index in [-0.39, 0.29) is 6.61 Å². The smallest absolute Gasteiger partial charge is 0.137 e. The lowest BCUT2D eigenvalue weighted by molar-refractivity contribution is 0.00373. The predicted octanol–water partition coefficient (Wildman–Crippen LogP) is 4.51. The lowest BCUT2D eigenvalue weighted by Gasteiger charge is -2.14. The number of aliphatic hydroxyl groups excluding tert-OH is 1. The Hall–Kier alpha value is -2.71. The van der Waals surface area contributed by atoms with Gasteiger partial charge in [0.1, 0.15) is 17.2 Å². The Bertz CT molecular complexity index is 949. The third-order valence-corrected chi connectivity index (χ3v) is 5.22. The first-order valence-corrected chi connectivity index (χ1v) is 11.8. The monoisotopic (exact) mass is 469 g/mol. The fraction of sp³-hybridized carbons (Fsp3) is 0.444. The Kier molecular flexibility index (Phi) is 11.1. The van der Waals surface area contributed by atoms with Crippen LogP contribution in [-0.2, 0) is 27.2 Å². The summed E-state index contributed by atoms with van der Waals surface area (Å²) in [6, 6.07) is 16.7. The maximum atomic E-state index is 8.61. The number of ether oxygens (including phenoxy) is 4. The molecule has 7 heteroatoms. The highest BCUT2D eigenvalue weighted by Gasteiger charge is 2.09. The minimum Gasteiger partial charge on any atom is -0.493 e. The van der Waals surface area contributed by atoms with Crippen LogP contribution in [-0.4, -0.2) is 56.5 Å². The zero-order valence-corrected chi connectivity index (χ0v) is 20.1. The van der Waals surface area contributed by atoms with Gasteiger partial charge in [0.25, 0.3) is 0 Å². The van der Waals surface area contributed by atoms with Crippen molar-refractivity contribution in [3.63, 3.8) is 0 Å². The number of nitrogens with zero attached hydrogens (tertiary/aromatic N) is 1. The van der Waals surface area contributed by atoms with Crippen LogP contribution in [0.1, 0.15) is 29.0 Å². The Balaban J connectivity index is 1.33. The molecular weight excluding hydrogens is 434 g/mol. The Morgan fingerprint density at radius 1 is 0.794 bits per heavy atom. The van der Waals surface area contributed by atoms with Gasteiger partial charge in [0, 0.05) is 12.5 Å². The van der Waals surface area contributed by atoms with E-state index in [4.69, 9.17) is 28.6 Å². The lowest BCUT2D eigenvalue weighted by atomic mass is 10.00. The fourth-order valence-electron chi connectivity index (χ4n) is 3.62. The second-order valence-corrected chi connectivity index (χ2v) is 8.04. The third-order valence-electron chi connectivity index (χ3n) is 5.22. The molecule has 0 aliphatic carbocycles. The molecule has 0 bridgehead atoms. The van der Waals surface area contributed by atoms with Crippen LogP contribution in [0.2, 0.25) is 0 Å². The van der Waals surface area contributed by atoms with E-state index in [9.17, 15) is 0 Å². The van der Waals surface area contributed by atoms with E-state index in [1.807, 2.05) is 12.1 Å². The van der Waals surface area contributed by atoms with Crippen LogP contribution in [0.25, 0.3) is 11.1 Å². The molecule has 1 aromatic heterocycles. The summed E-state index contributed by atoms with van der Waals surface area (Å²) < 4.78 is 27.6. The minimum absolute atomic E-state index is 0.0259. The second kappa shape index (κ2) is 14.5. The van der Waals surface area contributed by atoms with Gasteiger partial charge in [0.05, 0.1) is 52.9 Å². The van der Waals surface area contributed by atoms with E-state index in [1.54, 1.807) is 0 Å². The van der Waals surface area contributed by atoms with Gasteiger partial charge in [-0.1, -0.05) is 35.5 Å². The highest BCUT2D eigenvalue weighted by atomic mass is 16.5. The quantitative estimate of drug-likeness (QED) is 0.309. The largest absolute Gasteiger partial charge is 0.493 e. The first kappa shape index (κ1) is 25.9. The van der Waals surface area contributed by atoms with Crippen molar-refractivity contribution in [1.29, 1.82) is 0 Å². The van der Waals surface area contributed by atoms with Gasteiger partial charge in [0.2, 0.25) is 0 Å². The summed E-state index contributed by atoms with van der Waals surface area (Å²) in [5.74, 6) is 1.78. The Morgan fingerprint density at radius 3 is 2.18 bits per heavy atom. The van der Waals surface area contributed by atoms with Gasteiger partial charge in [-0.2, -0.15) is 0 Å². The van der Waals surface area contributed by atoms with Gasteiger partial charge in [-0.05, 0) is 54.7 Å². The van der Waals surface area contributed by atoms with E-state index in [0.717, 1.165) is 41.2 Å². The molecule has 0 fully saturated rings. The van der Waals surface area contributed by atoms with Crippen molar-refractivity contribution in [3.8, 4) is 16.9 Å². The SMILES string of the molecule is Cc1cc(-c2ccccc2)cc(C)c1OCCCc1cc(COCCOCCOCCO)no1. The van der Waals surface area contributed by atoms with E-state index < -0.39 is 0 Å². The van der Waals surface area contributed by atoms with E-state index in [0.29, 0.717) is 46.2 Å². The van der Waals surface area contributed by atoms with Gasteiger partial charge >= 0.3 is 0 Å². The maximum absolute atomic E-state index is 8.61. The van der Waals surface area contributed by atoms with Crippen molar-refractivity contribution in [2.45, 2.75) is 33.3 Å². The Morgan fingerprint density at radius 2 is 1.47 bits per heavy atom. The zero-order chi connectivity index (χ0) is 24.0. The fourth-order valence-corrected chi connectivity index (χ4v) is 3.62. The van der Waals surface area contributed by atoms with Gasteiger partial charge in [0.15, 0.2) is 0 Å². The average molecular weight is 470 g/mol. The molecule has 34 heavy (non-hydrogen) atoms. The zero-order valence-electron chi connectivity index (χ0n) is 20.1. The van der Waals surface area contributed by atoms with Crippen molar-refractivity contribution in [1.82, 2.24) is 5.16 Å². The standard InChI is InChI=1S/C27H35NO6/c1-21-17-24(23-7-4-3-5-8-23)18-22(2)27(21)33-11-6-9-26-19-25(28-34-26)20-32-16-15-31-14-13-30-12-10-29/h3-5,7-8,17-19,29H,6,9-16,20H2,1-2H3. The molecule has 0 saturated heterocycles. The van der Waals surface area contributed by atoms with E-state index in [1.165, 1.54) is 11.1 Å². The number of benzene rings is 2. The minimum atomic E-state index is 0.0259. The number of rotatable bonds is 16. The molecule has 3 rings (SSSR count). The normalized spacial score (nSPS) is 11.1. The van der Waals surface area contributed by atoms with Crippen LogP contribution in [0.3, 0.4) is 0 Å². The topological polar surface area (TPSA) is 83.2 Å². The van der Waals surface area contributed by atoms with E-state index in [2.05, 4.69) is 55.4 Å². The summed E-state index contributed by atoms with van der Waals surface area (Å²) >= 11 is 0. The second-order valence-electron chi connectivity index (χ2n) is 8.04. The molecule has 0 atom stereocenters. The number of aliphatic hydroxyl groups is 1. The van der Waals surface area contributed by atoms with Crippen molar-refractivity contribution in [2.75, 3.05) is 46.2 Å². The molecule has 3 aromatic rings. The lowest BCUT2D eigenvalue weighted by Crippen LogP contribution is -2.10. The number of aryl methyl sites for hydroxylation is 3. The molecule has 7 nitrogen and oxygen atoms in total. The summed E-state index contributed by atoms with van der Waals surface area (Å²) in [6.45, 7) is 7.44. The summed E-state index contributed by atoms with van der Waals surface area (Å²) in [7, 11) is 0. The van der Waals surface area contributed by atoms with Gasteiger partial charge in [-0.15, -0.1) is 0 Å². The highest BCUT2D eigenvalue weighted by molar-refractivity contribution is 5.67. The molecule has 0 unspecified atom stereocenters. The van der Waals surface area contributed by atoms with E-state index >= 15 is 0 Å². The average Bonchev–Trinajstić information content (AvgIpc) is 3.30. The van der Waals surface area contributed by atoms with Crippen molar-refractivity contribution >= 4 is 0 Å². The molecule has 0 aliphatic rings. The first-order chi connectivity index (χ1) is 16.7. The number of hydrogen-bond acceptors (Lipinski definition) is 7. The number of aromatic nitrogens is 1. The maximum Gasteiger partial charge on any atom is 0.137 e. The van der Waals surface area contributed by atoms with Gasteiger partial charge in [-0.25, -0.2) is 0 Å².